The number of aromatic nitrogens is 2. The summed E-state index contributed by atoms with van der Waals surface area (Å²) < 4.78 is 2.10. The number of hydrogen-bond donors (Lipinski definition) is 1. The predicted molar refractivity (Wildman–Crippen MR) is 89.0 cm³/mol. The summed E-state index contributed by atoms with van der Waals surface area (Å²) >= 11 is 0. The average molecular weight is 286 g/mol. The minimum Gasteiger partial charge on any atom is -0.351 e. The lowest BCUT2D eigenvalue weighted by Gasteiger charge is -2.24. The number of nitrogens with zero attached hydrogens (tertiary/aromatic N) is 3. The third kappa shape index (κ3) is 4.60. The van der Waals surface area contributed by atoms with E-state index in [1.165, 1.54) is 0 Å². The topological polar surface area (TPSA) is 33.1 Å². The van der Waals surface area contributed by atoms with Crippen LogP contribution in [-0.2, 0) is 0 Å². The van der Waals surface area contributed by atoms with Gasteiger partial charge in [-0.1, -0.05) is 32.0 Å². The Labute approximate surface area is 127 Å². The number of likely N-dealkylation sites (N-methyl/N-ethyl adjacent to an activating group) is 1. The molecule has 0 saturated heterocycles. The SMILES string of the molecule is CC(C)CC(CN(C)C)Nc1nccn1-c1ccccc1. The molecule has 114 valence electrons. The van der Waals surface area contributed by atoms with Gasteiger partial charge in [0.2, 0.25) is 5.95 Å². The molecular weight excluding hydrogens is 260 g/mol. The summed E-state index contributed by atoms with van der Waals surface area (Å²) in [7, 11) is 4.22. The van der Waals surface area contributed by atoms with Crippen molar-refractivity contribution in [1.29, 1.82) is 0 Å². The molecule has 1 N–H and O–H groups in total. The molecule has 1 unspecified atom stereocenters. The van der Waals surface area contributed by atoms with Crippen molar-refractivity contribution < 1.29 is 0 Å². The van der Waals surface area contributed by atoms with Crippen LogP contribution >= 0.6 is 0 Å². The van der Waals surface area contributed by atoms with Gasteiger partial charge in [0, 0.05) is 30.7 Å². The van der Waals surface area contributed by atoms with E-state index in [9.17, 15) is 0 Å². The second-order valence-corrected chi connectivity index (χ2v) is 6.19. The normalized spacial score (nSPS) is 12.9. The van der Waals surface area contributed by atoms with Gasteiger partial charge in [-0.2, -0.15) is 0 Å². The van der Waals surface area contributed by atoms with Gasteiger partial charge in [0.1, 0.15) is 0 Å². The summed E-state index contributed by atoms with van der Waals surface area (Å²) in [5.41, 5.74) is 1.13. The first-order chi connectivity index (χ1) is 10.1. The molecule has 0 aliphatic carbocycles. The molecule has 0 spiro atoms. The van der Waals surface area contributed by atoms with Crippen molar-refractivity contribution in [3.05, 3.63) is 42.7 Å². The van der Waals surface area contributed by atoms with E-state index in [0.717, 1.165) is 24.6 Å². The molecule has 2 aromatic rings. The van der Waals surface area contributed by atoms with Gasteiger partial charge in [0.15, 0.2) is 0 Å². The molecule has 0 aliphatic heterocycles. The first-order valence-electron chi connectivity index (χ1n) is 7.56. The van der Waals surface area contributed by atoms with E-state index in [2.05, 4.69) is 59.8 Å². The van der Waals surface area contributed by atoms with Crippen molar-refractivity contribution >= 4 is 5.95 Å². The second-order valence-electron chi connectivity index (χ2n) is 6.19. The molecule has 0 saturated carbocycles. The van der Waals surface area contributed by atoms with Gasteiger partial charge in [-0.3, -0.25) is 4.57 Å². The highest BCUT2D eigenvalue weighted by Crippen LogP contribution is 2.17. The van der Waals surface area contributed by atoms with Crippen molar-refractivity contribution in [3.8, 4) is 5.69 Å². The maximum Gasteiger partial charge on any atom is 0.207 e. The number of rotatable bonds is 7. The largest absolute Gasteiger partial charge is 0.351 e. The Hall–Kier alpha value is -1.81. The zero-order valence-electron chi connectivity index (χ0n) is 13.5. The van der Waals surface area contributed by atoms with E-state index in [0.29, 0.717) is 12.0 Å². The van der Waals surface area contributed by atoms with Crippen LogP contribution in [0, 0.1) is 5.92 Å². The van der Waals surface area contributed by atoms with Crippen molar-refractivity contribution in [3.63, 3.8) is 0 Å². The number of hydrogen-bond acceptors (Lipinski definition) is 3. The number of nitrogens with one attached hydrogen (secondary N) is 1. The van der Waals surface area contributed by atoms with Gasteiger partial charge in [-0.05, 0) is 38.6 Å². The van der Waals surface area contributed by atoms with Gasteiger partial charge in [0.25, 0.3) is 0 Å². The molecule has 1 aromatic carbocycles. The lowest BCUT2D eigenvalue weighted by molar-refractivity contribution is 0.355. The van der Waals surface area contributed by atoms with Crippen LogP contribution in [0.25, 0.3) is 5.69 Å². The minimum atomic E-state index is 0.393. The molecule has 0 bridgehead atoms. The summed E-state index contributed by atoms with van der Waals surface area (Å²) in [5.74, 6) is 1.57. The fourth-order valence-electron chi connectivity index (χ4n) is 2.58. The van der Waals surface area contributed by atoms with Crippen molar-refractivity contribution in [2.24, 2.45) is 5.92 Å². The summed E-state index contributed by atoms with van der Waals surface area (Å²) in [5, 5.41) is 3.60. The van der Waals surface area contributed by atoms with Crippen LogP contribution in [0.3, 0.4) is 0 Å². The quantitative estimate of drug-likeness (QED) is 0.848. The lowest BCUT2D eigenvalue weighted by atomic mass is 10.0. The van der Waals surface area contributed by atoms with Crippen LogP contribution < -0.4 is 5.32 Å². The standard InChI is InChI=1S/C17H26N4/c1-14(2)12-15(13-20(3)4)19-17-18-10-11-21(17)16-8-6-5-7-9-16/h5-11,14-15H,12-13H2,1-4H3,(H,18,19). The van der Waals surface area contributed by atoms with Crippen molar-refractivity contribution in [2.45, 2.75) is 26.3 Å². The van der Waals surface area contributed by atoms with E-state index < -0.39 is 0 Å². The van der Waals surface area contributed by atoms with Crippen LogP contribution in [0.4, 0.5) is 5.95 Å². The highest BCUT2D eigenvalue weighted by molar-refractivity contribution is 5.42. The zero-order valence-corrected chi connectivity index (χ0v) is 13.5. The number of para-hydroxylation sites is 1. The number of imidazole rings is 1. The predicted octanol–water partition coefficient (Wildman–Crippen LogP) is 3.26. The maximum atomic E-state index is 4.48. The molecule has 4 heteroatoms. The van der Waals surface area contributed by atoms with Crippen molar-refractivity contribution in [2.75, 3.05) is 26.0 Å². The summed E-state index contributed by atoms with van der Waals surface area (Å²) in [6, 6.07) is 10.7. The minimum absolute atomic E-state index is 0.393. The van der Waals surface area contributed by atoms with Crippen molar-refractivity contribution in [1.82, 2.24) is 14.5 Å². The second kappa shape index (κ2) is 7.27. The fourth-order valence-corrected chi connectivity index (χ4v) is 2.58. The highest BCUT2D eigenvalue weighted by Gasteiger charge is 2.15. The Kier molecular flexibility index (Phi) is 5.39. The van der Waals surface area contributed by atoms with Crippen LogP contribution in [-0.4, -0.2) is 41.1 Å². The Morgan fingerprint density at radius 2 is 1.90 bits per heavy atom. The molecule has 0 amide bonds. The Balaban J connectivity index is 2.16. The summed E-state index contributed by atoms with van der Waals surface area (Å²) in [6.45, 7) is 5.52. The third-order valence-electron chi connectivity index (χ3n) is 3.35. The van der Waals surface area contributed by atoms with Gasteiger partial charge < -0.3 is 10.2 Å². The number of anilines is 1. The van der Waals surface area contributed by atoms with Crippen LogP contribution in [0.15, 0.2) is 42.7 Å². The molecule has 1 heterocycles. The smallest absolute Gasteiger partial charge is 0.207 e. The van der Waals surface area contributed by atoms with Gasteiger partial charge in [-0.25, -0.2) is 4.98 Å². The molecule has 4 nitrogen and oxygen atoms in total. The molecule has 1 atom stereocenters. The van der Waals surface area contributed by atoms with E-state index in [4.69, 9.17) is 0 Å². The first kappa shape index (κ1) is 15.6. The Bertz CT molecular complexity index is 521. The Morgan fingerprint density at radius 1 is 1.19 bits per heavy atom. The zero-order chi connectivity index (χ0) is 15.2. The molecule has 2 rings (SSSR count). The monoisotopic (exact) mass is 286 g/mol. The van der Waals surface area contributed by atoms with Gasteiger partial charge in [0.05, 0.1) is 0 Å². The maximum absolute atomic E-state index is 4.48. The summed E-state index contributed by atoms with van der Waals surface area (Å²) in [6.07, 6.45) is 4.97. The van der Waals surface area contributed by atoms with E-state index in [-0.39, 0.29) is 0 Å². The molecular formula is C17H26N4. The lowest BCUT2D eigenvalue weighted by Crippen LogP contribution is -2.34. The number of benzene rings is 1. The van der Waals surface area contributed by atoms with E-state index >= 15 is 0 Å². The molecule has 0 radical (unpaired) electrons. The van der Waals surface area contributed by atoms with Crippen LogP contribution in [0.5, 0.6) is 0 Å². The molecule has 1 aromatic heterocycles. The summed E-state index contributed by atoms with van der Waals surface area (Å²) in [4.78, 5) is 6.70. The van der Waals surface area contributed by atoms with E-state index in [1.54, 1.807) is 0 Å². The molecule has 21 heavy (non-hydrogen) atoms. The third-order valence-corrected chi connectivity index (χ3v) is 3.35. The molecule has 0 fully saturated rings. The van der Waals surface area contributed by atoms with E-state index in [1.807, 2.05) is 30.6 Å². The highest BCUT2D eigenvalue weighted by atomic mass is 15.2. The first-order valence-corrected chi connectivity index (χ1v) is 7.56. The Morgan fingerprint density at radius 3 is 2.52 bits per heavy atom. The van der Waals surface area contributed by atoms with Crippen LogP contribution in [0.1, 0.15) is 20.3 Å². The fraction of sp³-hybridized carbons (Fsp3) is 0.471. The van der Waals surface area contributed by atoms with Crippen LogP contribution in [0.2, 0.25) is 0 Å². The van der Waals surface area contributed by atoms with Gasteiger partial charge in [-0.15, -0.1) is 0 Å². The average Bonchev–Trinajstić information content (AvgIpc) is 2.86. The van der Waals surface area contributed by atoms with Gasteiger partial charge >= 0.3 is 0 Å². The molecule has 0 aliphatic rings.